The Labute approximate surface area is 67.2 Å². The highest BCUT2D eigenvalue weighted by Crippen LogP contribution is 2.21. The maximum Gasteiger partial charge on any atom is 0.373 e. The van der Waals surface area contributed by atoms with Gasteiger partial charge in [0.25, 0.3) is 0 Å². The SMILES string of the molecule is CC(C)CS(C)(C)(=O)C(=O)O. The van der Waals surface area contributed by atoms with Gasteiger partial charge in [0.1, 0.15) is 0 Å². The fourth-order valence-electron chi connectivity index (χ4n) is 1.04. The molecule has 0 saturated carbocycles. The maximum atomic E-state index is 11.7. The normalized spacial score (nSPS) is 15.9. The van der Waals surface area contributed by atoms with Gasteiger partial charge >= 0.3 is 5.30 Å². The molecule has 1 N–H and O–H groups in total. The van der Waals surface area contributed by atoms with E-state index in [1.807, 2.05) is 13.8 Å². The molecule has 3 nitrogen and oxygen atoms in total. The Balaban J connectivity index is 4.68. The van der Waals surface area contributed by atoms with Crippen molar-refractivity contribution >= 4 is 14.4 Å². The molecule has 0 atom stereocenters. The molecule has 0 amide bonds. The van der Waals surface area contributed by atoms with Gasteiger partial charge in [0, 0.05) is 18.3 Å². The zero-order valence-corrected chi connectivity index (χ0v) is 8.27. The molecular formula is C7H16O3S. The molecule has 0 aliphatic carbocycles. The van der Waals surface area contributed by atoms with Crippen LogP contribution in [0, 0.1) is 5.92 Å². The van der Waals surface area contributed by atoms with Crippen LogP contribution in [0.2, 0.25) is 0 Å². The molecule has 68 valence electrons. The van der Waals surface area contributed by atoms with Gasteiger partial charge in [-0.25, -0.2) is 4.79 Å². The summed E-state index contributed by atoms with van der Waals surface area (Å²) < 4.78 is 11.7. The van der Waals surface area contributed by atoms with Crippen molar-refractivity contribution in [1.82, 2.24) is 0 Å². The summed E-state index contributed by atoms with van der Waals surface area (Å²) in [4.78, 5) is 10.6. The fraction of sp³-hybridized carbons (Fsp3) is 0.857. The molecule has 0 aromatic carbocycles. The van der Waals surface area contributed by atoms with E-state index in [2.05, 4.69) is 0 Å². The molecule has 4 heteroatoms. The lowest BCUT2D eigenvalue weighted by atomic mass is 10.3. The van der Waals surface area contributed by atoms with Crippen molar-refractivity contribution in [3.8, 4) is 0 Å². The first-order valence-electron chi connectivity index (χ1n) is 3.47. The van der Waals surface area contributed by atoms with Crippen molar-refractivity contribution in [2.75, 3.05) is 18.3 Å². The summed E-state index contributed by atoms with van der Waals surface area (Å²) in [5.41, 5.74) is 0. The second-order valence-corrected chi connectivity index (χ2v) is 8.73. The van der Waals surface area contributed by atoms with E-state index in [0.717, 1.165) is 0 Å². The van der Waals surface area contributed by atoms with Crippen LogP contribution in [0.1, 0.15) is 13.8 Å². The Kier molecular flexibility index (Phi) is 2.50. The van der Waals surface area contributed by atoms with Crippen molar-refractivity contribution < 1.29 is 14.1 Å². The third-order valence-electron chi connectivity index (χ3n) is 1.36. The summed E-state index contributed by atoms with van der Waals surface area (Å²) in [7, 11) is -3.40. The Morgan fingerprint density at radius 3 is 1.91 bits per heavy atom. The van der Waals surface area contributed by atoms with Gasteiger partial charge in [-0.2, -0.15) is 0 Å². The van der Waals surface area contributed by atoms with E-state index in [-0.39, 0.29) is 11.7 Å². The first kappa shape index (κ1) is 10.6. The Bertz CT molecular complexity index is 224. The summed E-state index contributed by atoms with van der Waals surface area (Å²) >= 11 is 0. The van der Waals surface area contributed by atoms with E-state index >= 15 is 0 Å². The van der Waals surface area contributed by atoms with E-state index in [1.54, 1.807) is 0 Å². The Morgan fingerprint density at radius 2 is 1.82 bits per heavy atom. The smallest absolute Gasteiger partial charge is 0.373 e. The quantitative estimate of drug-likeness (QED) is 0.699. The Morgan fingerprint density at radius 1 is 1.45 bits per heavy atom. The van der Waals surface area contributed by atoms with E-state index in [1.165, 1.54) is 12.5 Å². The molecule has 0 fully saturated rings. The lowest BCUT2D eigenvalue weighted by molar-refractivity contribution is 0.219. The molecule has 0 bridgehead atoms. The topological polar surface area (TPSA) is 54.4 Å². The zero-order valence-electron chi connectivity index (χ0n) is 7.46. The van der Waals surface area contributed by atoms with Crippen molar-refractivity contribution in [2.45, 2.75) is 13.8 Å². The molecule has 0 aliphatic heterocycles. The van der Waals surface area contributed by atoms with Gasteiger partial charge in [-0.1, -0.05) is 13.8 Å². The monoisotopic (exact) mass is 180 g/mol. The minimum absolute atomic E-state index is 0.153. The summed E-state index contributed by atoms with van der Waals surface area (Å²) in [5.74, 6) is 0.410. The molecule has 0 unspecified atom stereocenters. The predicted octanol–water partition coefficient (Wildman–Crippen LogP) is 1.40. The van der Waals surface area contributed by atoms with Crippen LogP contribution in [-0.2, 0) is 9.07 Å². The van der Waals surface area contributed by atoms with E-state index < -0.39 is 14.4 Å². The maximum absolute atomic E-state index is 11.7. The number of carboxylic acid groups (broad SMARTS) is 1. The van der Waals surface area contributed by atoms with Crippen LogP contribution < -0.4 is 0 Å². The van der Waals surface area contributed by atoms with Crippen LogP contribution in [0.25, 0.3) is 0 Å². The molecule has 0 aromatic heterocycles. The van der Waals surface area contributed by atoms with Crippen molar-refractivity contribution in [2.24, 2.45) is 5.92 Å². The van der Waals surface area contributed by atoms with Crippen LogP contribution in [-0.4, -0.2) is 32.9 Å². The van der Waals surface area contributed by atoms with Gasteiger partial charge in [0.15, 0.2) is 0 Å². The highest BCUT2D eigenvalue weighted by atomic mass is 32.3. The second kappa shape index (κ2) is 2.59. The molecular weight excluding hydrogens is 164 g/mol. The molecule has 0 heterocycles. The van der Waals surface area contributed by atoms with Crippen molar-refractivity contribution in [3.05, 3.63) is 0 Å². The van der Waals surface area contributed by atoms with Crippen molar-refractivity contribution in [1.29, 1.82) is 0 Å². The largest absolute Gasteiger partial charge is 0.473 e. The van der Waals surface area contributed by atoms with Crippen LogP contribution >= 0.6 is 0 Å². The molecule has 11 heavy (non-hydrogen) atoms. The summed E-state index contributed by atoms with van der Waals surface area (Å²) in [6, 6.07) is 0. The predicted molar refractivity (Wildman–Crippen MR) is 47.7 cm³/mol. The highest BCUT2D eigenvalue weighted by Gasteiger charge is 2.34. The number of rotatable bonds is 2. The molecule has 0 rings (SSSR count). The lowest BCUT2D eigenvalue weighted by Gasteiger charge is -2.29. The van der Waals surface area contributed by atoms with Gasteiger partial charge in [-0.3, -0.25) is 4.21 Å². The molecule has 0 aromatic rings. The van der Waals surface area contributed by atoms with Crippen LogP contribution in [0.5, 0.6) is 0 Å². The fourth-order valence-corrected chi connectivity index (χ4v) is 3.12. The Hall–Kier alpha value is -0.380. The average molecular weight is 180 g/mol. The summed E-state index contributed by atoms with van der Waals surface area (Å²) in [6.07, 6.45) is 2.67. The third kappa shape index (κ3) is 3.01. The molecule has 0 radical (unpaired) electrons. The molecule has 0 saturated heterocycles. The lowest BCUT2D eigenvalue weighted by Crippen LogP contribution is -2.42. The van der Waals surface area contributed by atoms with Gasteiger partial charge in [-0.05, 0) is 15.0 Å². The first-order valence-corrected chi connectivity index (χ1v) is 6.42. The number of hydrogen-bond acceptors (Lipinski definition) is 2. The number of carbonyl (C=O) groups is 1. The van der Waals surface area contributed by atoms with Gasteiger partial charge < -0.3 is 5.11 Å². The second-order valence-electron chi connectivity index (χ2n) is 3.90. The van der Waals surface area contributed by atoms with E-state index in [9.17, 15) is 9.00 Å². The molecule has 0 spiro atoms. The van der Waals surface area contributed by atoms with Crippen LogP contribution in [0.15, 0.2) is 0 Å². The zero-order chi connectivity index (χ0) is 9.31. The standard InChI is InChI=1S/C7H16O3S/c1-6(2)5-11(3,4,10)7(8)9/h6H,5H2,1-4H3,(H,8,9). The van der Waals surface area contributed by atoms with Crippen LogP contribution in [0.4, 0.5) is 4.79 Å². The third-order valence-corrected chi connectivity index (χ3v) is 4.09. The van der Waals surface area contributed by atoms with E-state index in [4.69, 9.17) is 5.11 Å². The number of hydrogen-bond donors (Lipinski definition) is 1. The summed E-state index contributed by atoms with van der Waals surface area (Å²) in [5, 5.41) is 7.51. The minimum atomic E-state index is -3.40. The first-order chi connectivity index (χ1) is 4.63. The van der Waals surface area contributed by atoms with E-state index in [0.29, 0.717) is 0 Å². The molecule has 0 aliphatic rings. The average Bonchev–Trinajstić information content (AvgIpc) is 1.57. The van der Waals surface area contributed by atoms with Crippen LogP contribution in [0.3, 0.4) is 0 Å². The summed E-state index contributed by atoms with van der Waals surface area (Å²) in [6.45, 7) is 3.73. The van der Waals surface area contributed by atoms with Crippen molar-refractivity contribution in [3.63, 3.8) is 0 Å². The van der Waals surface area contributed by atoms with Gasteiger partial charge in [-0.15, -0.1) is 0 Å². The highest BCUT2D eigenvalue weighted by molar-refractivity contribution is 8.30. The van der Waals surface area contributed by atoms with Gasteiger partial charge in [0.05, 0.1) is 0 Å². The van der Waals surface area contributed by atoms with Gasteiger partial charge in [0.2, 0.25) is 0 Å². The minimum Gasteiger partial charge on any atom is -0.473 e.